The van der Waals surface area contributed by atoms with E-state index in [0.717, 1.165) is 36.2 Å². The second kappa shape index (κ2) is 5.20. The van der Waals surface area contributed by atoms with Crippen LogP contribution in [0.15, 0.2) is 36.8 Å². The van der Waals surface area contributed by atoms with Crippen LogP contribution in [0.25, 0.3) is 16.7 Å². The summed E-state index contributed by atoms with van der Waals surface area (Å²) in [6.07, 6.45) is 12.1. The molecule has 1 saturated carbocycles. The summed E-state index contributed by atoms with van der Waals surface area (Å²) in [5.74, 6) is 0.594. The first-order valence-corrected chi connectivity index (χ1v) is 8.53. The third-order valence-corrected chi connectivity index (χ3v) is 4.86. The minimum atomic E-state index is 0.0878. The van der Waals surface area contributed by atoms with Gasteiger partial charge in [-0.2, -0.15) is 5.10 Å². The van der Waals surface area contributed by atoms with Gasteiger partial charge in [0.05, 0.1) is 17.6 Å². The molecule has 5 rings (SSSR count). The molecule has 2 aliphatic rings. The molecule has 23 heavy (non-hydrogen) atoms. The largest absolute Gasteiger partial charge is 0.357 e. The molecule has 1 aliphatic carbocycles. The molecule has 0 N–H and O–H groups in total. The molecule has 0 bridgehead atoms. The van der Waals surface area contributed by atoms with Gasteiger partial charge in [-0.3, -0.25) is 4.57 Å². The highest BCUT2D eigenvalue weighted by Gasteiger charge is 2.31. The molecular weight excluding hydrogens is 288 g/mol. The van der Waals surface area contributed by atoms with E-state index in [4.69, 9.17) is 9.84 Å². The number of nitrogens with zero attached hydrogens (tertiary/aromatic N) is 4. The van der Waals surface area contributed by atoms with Crippen molar-refractivity contribution in [1.82, 2.24) is 19.3 Å². The zero-order valence-electron chi connectivity index (χ0n) is 13.1. The Kier molecular flexibility index (Phi) is 3.01. The number of ether oxygens (including phenoxy) is 1. The number of hydrogen-bond donors (Lipinski definition) is 0. The van der Waals surface area contributed by atoms with Crippen molar-refractivity contribution in [2.45, 2.75) is 44.2 Å². The summed E-state index contributed by atoms with van der Waals surface area (Å²) in [5, 5.41) is 6.06. The van der Waals surface area contributed by atoms with Crippen LogP contribution < -0.4 is 0 Å². The number of pyridine rings is 1. The summed E-state index contributed by atoms with van der Waals surface area (Å²) in [5.41, 5.74) is 3.36. The van der Waals surface area contributed by atoms with Crippen LogP contribution in [0.1, 0.15) is 49.9 Å². The fourth-order valence-corrected chi connectivity index (χ4v) is 3.47. The molecule has 3 aromatic rings. The molecule has 1 saturated heterocycles. The molecule has 4 heterocycles. The van der Waals surface area contributed by atoms with E-state index in [-0.39, 0.29) is 6.23 Å². The van der Waals surface area contributed by atoms with Crippen molar-refractivity contribution in [3.63, 3.8) is 0 Å². The fraction of sp³-hybridized carbons (Fsp3) is 0.444. The standard InChI is InChI=1S/C18H20N4O/c1-2-11-23-16(5-1)22-12-15(17(20-22)13-6-7-13)21-10-8-14-4-3-9-19-18(14)21/h3-4,8-10,12-13,16H,1-2,5-7,11H2. The van der Waals surface area contributed by atoms with E-state index in [0.29, 0.717) is 5.92 Å². The van der Waals surface area contributed by atoms with Gasteiger partial charge in [0.15, 0.2) is 0 Å². The summed E-state index contributed by atoms with van der Waals surface area (Å²) in [6, 6.07) is 6.20. The topological polar surface area (TPSA) is 44.9 Å². The highest BCUT2D eigenvalue weighted by molar-refractivity contribution is 5.78. The quantitative estimate of drug-likeness (QED) is 0.739. The number of fused-ring (bicyclic) bond motifs is 1. The normalized spacial score (nSPS) is 21.8. The maximum atomic E-state index is 5.91. The molecule has 3 aromatic heterocycles. The predicted molar refractivity (Wildman–Crippen MR) is 87.7 cm³/mol. The number of rotatable bonds is 3. The van der Waals surface area contributed by atoms with Gasteiger partial charge < -0.3 is 4.74 Å². The van der Waals surface area contributed by atoms with Crippen LogP contribution in [0.5, 0.6) is 0 Å². The Hall–Kier alpha value is -2.14. The maximum Gasteiger partial charge on any atom is 0.150 e. The Morgan fingerprint density at radius 1 is 1.13 bits per heavy atom. The second-order valence-corrected chi connectivity index (χ2v) is 6.58. The maximum absolute atomic E-state index is 5.91. The monoisotopic (exact) mass is 308 g/mol. The van der Waals surface area contributed by atoms with Crippen molar-refractivity contribution in [2.75, 3.05) is 6.61 Å². The molecule has 0 spiro atoms. The zero-order chi connectivity index (χ0) is 15.2. The number of aromatic nitrogens is 4. The van der Waals surface area contributed by atoms with E-state index in [2.05, 4.69) is 34.1 Å². The van der Waals surface area contributed by atoms with E-state index < -0.39 is 0 Å². The Labute approximate surface area is 134 Å². The second-order valence-electron chi connectivity index (χ2n) is 6.58. The minimum Gasteiger partial charge on any atom is -0.357 e. The fourth-order valence-electron chi connectivity index (χ4n) is 3.47. The molecular formula is C18H20N4O. The lowest BCUT2D eigenvalue weighted by molar-refractivity contribution is -0.0396. The molecule has 5 nitrogen and oxygen atoms in total. The SMILES string of the molecule is c1cnc2c(c1)ccn2-c1cn(C2CCCCO2)nc1C1CC1. The molecule has 1 unspecified atom stereocenters. The van der Waals surface area contributed by atoms with E-state index >= 15 is 0 Å². The van der Waals surface area contributed by atoms with Crippen LogP contribution in [-0.2, 0) is 4.74 Å². The highest BCUT2D eigenvalue weighted by atomic mass is 16.5. The van der Waals surface area contributed by atoms with E-state index in [1.54, 1.807) is 0 Å². The van der Waals surface area contributed by atoms with Crippen LogP contribution in [-0.4, -0.2) is 25.9 Å². The molecule has 118 valence electrons. The van der Waals surface area contributed by atoms with Gasteiger partial charge in [0.1, 0.15) is 11.9 Å². The smallest absolute Gasteiger partial charge is 0.150 e. The first kappa shape index (κ1) is 13.3. The van der Waals surface area contributed by atoms with Crippen molar-refractivity contribution in [1.29, 1.82) is 0 Å². The summed E-state index contributed by atoms with van der Waals surface area (Å²) in [4.78, 5) is 4.55. The highest BCUT2D eigenvalue weighted by Crippen LogP contribution is 2.43. The Balaban J connectivity index is 1.62. The first-order valence-electron chi connectivity index (χ1n) is 8.53. The molecule has 0 amide bonds. The molecule has 5 heteroatoms. The third-order valence-electron chi connectivity index (χ3n) is 4.86. The van der Waals surface area contributed by atoms with E-state index in [9.17, 15) is 0 Å². The van der Waals surface area contributed by atoms with Gasteiger partial charge >= 0.3 is 0 Å². The molecule has 1 aliphatic heterocycles. The Morgan fingerprint density at radius 3 is 2.91 bits per heavy atom. The predicted octanol–water partition coefficient (Wildman–Crippen LogP) is 3.80. The van der Waals surface area contributed by atoms with Crippen molar-refractivity contribution >= 4 is 11.0 Å². The third kappa shape index (κ3) is 2.27. The van der Waals surface area contributed by atoms with Crippen LogP contribution >= 0.6 is 0 Å². The lowest BCUT2D eigenvalue weighted by atomic mass is 10.2. The average Bonchev–Trinajstić information content (AvgIpc) is 3.21. The van der Waals surface area contributed by atoms with Crippen molar-refractivity contribution in [2.24, 2.45) is 0 Å². The van der Waals surface area contributed by atoms with Gasteiger partial charge in [-0.1, -0.05) is 0 Å². The summed E-state index contributed by atoms with van der Waals surface area (Å²) in [6.45, 7) is 0.840. The average molecular weight is 308 g/mol. The molecule has 0 radical (unpaired) electrons. The molecule has 1 atom stereocenters. The van der Waals surface area contributed by atoms with Crippen LogP contribution in [0.2, 0.25) is 0 Å². The van der Waals surface area contributed by atoms with Gasteiger partial charge in [0.2, 0.25) is 0 Å². The molecule has 2 fully saturated rings. The summed E-state index contributed by atoms with van der Waals surface area (Å²) >= 11 is 0. The van der Waals surface area contributed by atoms with Crippen LogP contribution in [0, 0.1) is 0 Å². The summed E-state index contributed by atoms with van der Waals surface area (Å²) < 4.78 is 10.1. The van der Waals surface area contributed by atoms with Gasteiger partial charge in [0.25, 0.3) is 0 Å². The zero-order valence-corrected chi connectivity index (χ0v) is 13.1. The van der Waals surface area contributed by atoms with E-state index in [1.807, 2.05) is 16.9 Å². The summed E-state index contributed by atoms with van der Waals surface area (Å²) in [7, 11) is 0. The molecule has 0 aromatic carbocycles. The van der Waals surface area contributed by atoms with Crippen molar-refractivity contribution in [3.05, 3.63) is 42.5 Å². The minimum absolute atomic E-state index is 0.0878. The Morgan fingerprint density at radius 2 is 2.09 bits per heavy atom. The lowest BCUT2D eigenvalue weighted by Gasteiger charge is -2.22. The van der Waals surface area contributed by atoms with Crippen LogP contribution in [0.3, 0.4) is 0 Å². The van der Waals surface area contributed by atoms with Crippen LogP contribution in [0.4, 0.5) is 0 Å². The van der Waals surface area contributed by atoms with Crippen molar-refractivity contribution < 1.29 is 4.74 Å². The first-order chi connectivity index (χ1) is 11.4. The number of hydrogen-bond acceptors (Lipinski definition) is 3. The van der Waals surface area contributed by atoms with Crippen molar-refractivity contribution in [3.8, 4) is 5.69 Å². The Bertz CT molecular complexity index is 840. The van der Waals surface area contributed by atoms with Gasteiger partial charge in [-0.25, -0.2) is 9.67 Å². The van der Waals surface area contributed by atoms with Gasteiger partial charge in [-0.05, 0) is 50.3 Å². The van der Waals surface area contributed by atoms with E-state index in [1.165, 1.54) is 25.0 Å². The lowest BCUT2D eigenvalue weighted by Crippen LogP contribution is -2.18. The van der Waals surface area contributed by atoms with Gasteiger partial charge in [0, 0.05) is 30.3 Å². The van der Waals surface area contributed by atoms with Gasteiger partial charge in [-0.15, -0.1) is 0 Å².